The summed E-state index contributed by atoms with van der Waals surface area (Å²) in [5.41, 5.74) is 10.5. The van der Waals surface area contributed by atoms with E-state index < -0.39 is 0 Å². The number of fused-ring (bicyclic) bond motifs is 1. The Morgan fingerprint density at radius 1 is 1.24 bits per heavy atom. The highest BCUT2D eigenvalue weighted by atomic mass is 16.6. The summed E-state index contributed by atoms with van der Waals surface area (Å²) in [6.07, 6.45) is 4.94. The number of piperazine rings is 1. The number of nitrogens with two attached hydrogens (primary N) is 1. The van der Waals surface area contributed by atoms with E-state index in [1.54, 1.807) is 28.0 Å². The third kappa shape index (κ3) is 4.19. The highest BCUT2D eigenvalue weighted by molar-refractivity contribution is 5.77. The minimum Gasteiger partial charge on any atom is -0.445 e. The van der Waals surface area contributed by atoms with Gasteiger partial charge in [0.05, 0.1) is 24.1 Å². The Balaban J connectivity index is 1.42. The van der Waals surface area contributed by atoms with E-state index >= 15 is 0 Å². The van der Waals surface area contributed by atoms with Gasteiger partial charge < -0.3 is 15.4 Å². The van der Waals surface area contributed by atoms with E-state index in [1.165, 1.54) is 0 Å². The second-order valence-electron chi connectivity index (χ2n) is 8.72. The van der Waals surface area contributed by atoms with Gasteiger partial charge in [-0.3, -0.25) is 10.00 Å². The fraction of sp³-hybridized carbons (Fsp3) is 0.333. The van der Waals surface area contributed by atoms with E-state index in [4.69, 9.17) is 15.5 Å². The Bertz CT molecular complexity index is 1270. The quantitative estimate of drug-likeness (QED) is 0.470. The summed E-state index contributed by atoms with van der Waals surface area (Å²) in [5.74, 6) is 0.488. The molecule has 5 rings (SSSR count). The number of hydrogen-bond donors (Lipinski definition) is 2. The maximum absolute atomic E-state index is 12.9. The average molecular weight is 461 g/mol. The molecule has 1 aromatic carbocycles. The van der Waals surface area contributed by atoms with Crippen LogP contribution < -0.4 is 5.73 Å². The van der Waals surface area contributed by atoms with E-state index in [-0.39, 0.29) is 24.8 Å². The lowest BCUT2D eigenvalue weighted by Crippen LogP contribution is -2.52. The molecule has 3 aromatic heterocycles. The van der Waals surface area contributed by atoms with Crippen LogP contribution in [0.2, 0.25) is 0 Å². The van der Waals surface area contributed by atoms with Crippen molar-refractivity contribution in [1.82, 2.24) is 34.6 Å². The van der Waals surface area contributed by atoms with Crippen LogP contribution in [-0.2, 0) is 11.3 Å². The van der Waals surface area contributed by atoms with Crippen LogP contribution in [0.15, 0.2) is 55.0 Å². The minimum atomic E-state index is -0.324. The number of anilines is 1. The third-order valence-corrected chi connectivity index (χ3v) is 6.22. The van der Waals surface area contributed by atoms with Gasteiger partial charge in [-0.2, -0.15) is 14.7 Å². The number of carbonyl (C=O) groups is 1. The molecule has 1 unspecified atom stereocenters. The second-order valence-corrected chi connectivity index (χ2v) is 8.72. The zero-order valence-electron chi connectivity index (χ0n) is 19.3. The predicted molar refractivity (Wildman–Crippen MR) is 128 cm³/mol. The number of amides is 1. The smallest absolute Gasteiger partial charge is 0.410 e. The third-order valence-electron chi connectivity index (χ3n) is 6.22. The topological polar surface area (TPSA) is 118 Å². The van der Waals surface area contributed by atoms with Crippen LogP contribution in [-0.4, -0.2) is 66.4 Å². The van der Waals surface area contributed by atoms with Crippen molar-refractivity contribution in [3.8, 4) is 11.1 Å². The summed E-state index contributed by atoms with van der Waals surface area (Å²) in [7, 11) is 0. The van der Waals surface area contributed by atoms with Crippen molar-refractivity contribution in [2.45, 2.75) is 32.5 Å². The van der Waals surface area contributed by atoms with Crippen LogP contribution in [0.5, 0.6) is 0 Å². The Morgan fingerprint density at radius 3 is 2.79 bits per heavy atom. The van der Waals surface area contributed by atoms with E-state index in [0.29, 0.717) is 31.1 Å². The van der Waals surface area contributed by atoms with Crippen LogP contribution in [0.1, 0.15) is 31.1 Å². The standard InChI is InChI=1S/C24H28N8O2/c1-16(2)31-9-8-30(24(33)34-15-17-6-4-3-5-7-17)14-21(31)20-10-22(25)32-23(29-20)19(13-28-32)18-11-26-27-12-18/h3-7,10-13,16,21H,8-9,14-15,25H2,1-2H3,(H,26,27). The zero-order valence-corrected chi connectivity index (χ0v) is 19.3. The molecule has 0 aliphatic carbocycles. The summed E-state index contributed by atoms with van der Waals surface area (Å²) in [6, 6.07) is 11.7. The minimum absolute atomic E-state index is 0.127. The van der Waals surface area contributed by atoms with Crippen molar-refractivity contribution in [3.63, 3.8) is 0 Å². The number of rotatable bonds is 5. The number of aromatic nitrogens is 5. The normalized spacial score (nSPS) is 16.9. The molecule has 3 N–H and O–H groups in total. The van der Waals surface area contributed by atoms with Gasteiger partial charge in [-0.1, -0.05) is 30.3 Å². The van der Waals surface area contributed by atoms with Crippen LogP contribution in [0.25, 0.3) is 16.8 Å². The van der Waals surface area contributed by atoms with Crippen molar-refractivity contribution in [2.24, 2.45) is 0 Å². The van der Waals surface area contributed by atoms with E-state index in [1.807, 2.05) is 36.4 Å². The van der Waals surface area contributed by atoms with E-state index in [9.17, 15) is 4.79 Å². The fourth-order valence-electron chi connectivity index (χ4n) is 4.43. The number of benzene rings is 1. The molecule has 1 aliphatic rings. The number of H-pyrrole nitrogens is 1. The van der Waals surface area contributed by atoms with Crippen molar-refractivity contribution in [2.75, 3.05) is 25.4 Å². The van der Waals surface area contributed by atoms with Gasteiger partial charge >= 0.3 is 6.09 Å². The lowest BCUT2D eigenvalue weighted by atomic mass is 10.1. The highest BCUT2D eigenvalue weighted by Gasteiger charge is 2.34. The van der Waals surface area contributed by atoms with Crippen LogP contribution >= 0.6 is 0 Å². The number of ether oxygens (including phenoxy) is 1. The van der Waals surface area contributed by atoms with E-state index in [0.717, 1.165) is 22.4 Å². The second kappa shape index (κ2) is 9.14. The summed E-state index contributed by atoms with van der Waals surface area (Å²) >= 11 is 0. The SMILES string of the molecule is CC(C)N1CCN(C(=O)OCc2ccccc2)CC1c1cc(N)n2ncc(-c3cn[nH]c3)c2n1. The average Bonchev–Trinajstić information content (AvgIpc) is 3.53. The highest BCUT2D eigenvalue weighted by Crippen LogP contribution is 2.31. The molecule has 10 heteroatoms. The molecule has 176 valence electrons. The van der Waals surface area contributed by atoms with Gasteiger partial charge in [0, 0.05) is 49.1 Å². The molecule has 0 radical (unpaired) electrons. The van der Waals surface area contributed by atoms with Gasteiger partial charge in [-0.15, -0.1) is 0 Å². The molecule has 10 nitrogen and oxygen atoms in total. The van der Waals surface area contributed by atoms with Crippen LogP contribution in [0.3, 0.4) is 0 Å². The molecule has 0 saturated carbocycles. The Kier molecular flexibility index (Phi) is 5.89. The molecule has 1 aliphatic heterocycles. The first-order valence-corrected chi connectivity index (χ1v) is 11.4. The summed E-state index contributed by atoms with van der Waals surface area (Å²) in [6.45, 7) is 6.30. The lowest BCUT2D eigenvalue weighted by molar-refractivity contribution is 0.0324. The molecule has 0 spiro atoms. The van der Waals surface area contributed by atoms with Crippen molar-refractivity contribution in [1.29, 1.82) is 0 Å². The largest absolute Gasteiger partial charge is 0.445 e. The number of hydrogen-bond acceptors (Lipinski definition) is 7. The fourth-order valence-corrected chi connectivity index (χ4v) is 4.43. The number of carbonyl (C=O) groups excluding carboxylic acids is 1. The van der Waals surface area contributed by atoms with Gasteiger partial charge in [0.25, 0.3) is 0 Å². The Hall–Kier alpha value is -3.92. The van der Waals surface area contributed by atoms with Crippen molar-refractivity contribution < 1.29 is 9.53 Å². The molecule has 0 bridgehead atoms. The lowest BCUT2D eigenvalue weighted by Gasteiger charge is -2.42. The predicted octanol–water partition coefficient (Wildman–Crippen LogP) is 3.11. The maximum atomic E-state index is 12.9. The number of nitrogen functional groups attached to an aromatic ring is 1. The first-order chi connectivity index (χ1) is 16.5. The number of nitrogens with one attached hydrogen (secondary N) is 1. The Morgan fingerprint density at radius 2 is 2.06 bits per heavy atom. The molecule has 4 aromatic rings. The summed E-state index contributed by atoms with van der Waals surface area (Å²) in [5, 5.41) is 11.3. The van der Waals surface area contributed by atoms with Gasteiger partial charge in [0.2, 0.25) is 0 Å². The summed E-state index contributed by atoms with van der Waals surface area (Å²) in [4.78, 5) is 21.9. The molecule has 1 saturated heterocycles. The zero-order chi connectivity index (χ0) is 23.7. The molecule has 1 atom stereocenters. The monoisotopic (exact) mass is 460 g/mol. The van der Waals surface area contributed by atoms with Gasteiger partial charge in [0.15, 0.2) is 5.65 Å². The van der Waals surface area contributed by atoms with Gasteiger partial charge in [-0.05, 0) is 19.4 Å². The molecule has 1 amide bonds. The number of aromatic amines is 1. The first-order valence-electron chi connectivity index (χ1n) is 11.4. The number of nitrogens with zero attached hydrogens (tertiary/aromatic N) is 6. The van der Waals surface area contributed by atoms with Crippen LogP contribution in [0, 0.1) is 0 Å². The first kappa shape index (κ1) is 21.9. The maximum Gasteiger partial charge on any atom is 0.410 e. The van der Waals surface area contributed by atoms with E-state index in [2.05, 4.69) is 34.0 Å². The van der Waals surface area contributed by atoms with Gasteiger partial charge in [-0.25, -0.2) is 9.78 Å². The van der Waals surface area contributed by atoms with Crippen molar-refractivity contribution in [3.05, 3.63) is 66.2 Å². The molecule has 1 fully saturated rings. The van der Waals surface area contributed by atoms with Gasteiger partial charge in [0.1, 0.15) is 12.4 Å². The molecular weight excluding hydrogens is 432 g/mol. The Labute approximate surface area is 197 Å². The van der Waals surface area contributed by atoms with Crippen LogP contribution in [0.4, 0.5) is 10.6 Å². The van der Waals surface area contributed by atoms with Crippen molar-refractivity contribution >= 4 is 17.6 Å². The molecular formula is C24H28N8O2. The molecule has 4 heterocycles. The molecule has 34 heavy (non-hydrogen) atoms. The summed E-state index contributed by atoms with van der Waals surface area (Å²) < 4.78 is 7.22.